The summed E-state index contributed by atoms with van der Waals surface area (Å²) in [5.41, 5.74) is 1.97. The maximum Gasteiger partial charge on any atom is 0.237 e. The molecule has 0 aliphatic rings. The van der Waals surface area contributed by atoms with Crippen molar-refractivity contribution < 1.29 is 4.79 Å². The third-order valence-electron chi connectivity index (χ3n) is 2.97. The number of benzene rings is 1. The van der Waals surface area contributed by atoms with Crippen molar-refractivity contribution in [3.63, 3.8) is 0 Å². The predicted molar refractivity (Wildman–Crippen MR) is 83.0 cm³/mol. The molecule has 0 radical (unpaired) electrons. The highest BCUT2D eigenvalue weighted by atomic mass is 32.2. The van der Waals surface area contributed by atoms with Crippen LogP contribution in [0.25, 0.3) is 0 Å². The predicted octanol–water partition coefficient (Wildman–Crippen LogP) is 3.24. The third kappa shape index (κ3) is 3.63. The topological polar surface area (TPSA) is 46.9 Å². The summed E-state index contributed by atoms with van der Waals surface area (Å²) in [6, 6.07) is 7.83. The summed E-state index contributed by atoms with van der Waals surface area (Å²) in [5, 5.41) is 3.68. The smallest absolute Gasteiger partial charge is 0.237 e. The molecule has 0 aliphatic heterocycles. The average molecular weight is 289 g/mol. The Balaban J connectivity index is 2.04. The van der Waals surface area contributed by atoms with E-state index in [-0.39, 0.29) is 11.2 Å². The van der Waals surface area contributed by atoms with Crippen LogP contribution in [0.3, 0.4) is 0 Å². The molecular formula is C15H19N3OS. The molecule has 1 amide bonds. The number of nitrogens with zero attached hydrogens (tertiary/aromatic N) is 2. The molecule has 2 rings (SSSR count). The highest BCUT2D eigenvalue weighted by Crippen LogP contribution is 2.24. The van der Waals surface area contributed by atoms with Gasteiger partial charge in [-0.05, 0) is 31.0 Å². The number of hydrogen-bond donors (Lipinski definition) is 1. The second kappa shape index (κ2) is 6.61. The van der Waals surface area contributed by atoms with E-state index < -0.39 is 0 Å². The summed E-state index contributed by atoms with van der Waals surface area (Å²) in [5.74, 6) is 0.0195. The van der Waals surface area contributed by atoms with Gasteiger partial charge in [-0.15, -0.1) is 0 Å². The lowest BCUT2D eigenvalue weighted by Crippen LogP contribution is -2.25. The molecule has 1 unspecified atom stereocenters. The Hall–Kier alpha value is -1.75. The van der Waals surface area contributed by atoms with Gasteiger partial charge < -0.3 is 9.88 Å². The molecule has 20 heavy (non-hydrogen) atoms. The summed E-state index contributed by atoms with van der Waals surface area (Å²) in [6.07, 6.45) is 4.39. The number of carbonyl (C=O) groups excluding carboxylic acids is 1. The fourth-order valence-electron chi connectivity index (χ4n) is 1.86. The molecule has 0 saturated carbocycles. The molecular weight excluding hydrogens is 270 g/mol. The van der Waals surface area contributed by atoms with Gasteiger partial charge in [-0.2, -0.15) is 0 Å². The normalized spacial score (nSPS) is 12.2. The van der Waals surface area contributed by atoms with E-state index in [1.54, 1.807) is 6.20 Å². The van der Waals surface area contributed by atoms with Crippen molar-refractivity contribution in [2.45, 2.75) is 30.7 Å². The molecule has 0 bridgehead atoms. The minimum absolute atomic E-state index is 0.0195. The molecule has 1 aromatic carbocycles. The summed E-state index contributed by atoms with van der Waals surface area (Å²) in [4.78, 5) is 16.6. The molecule has 2 aromatic rings. The zero-order valence-electron chi connectivity index (χ0n) is 12.0. The van der Waals surface area contributed by atoms with E-state index in [2.05, 4.69) is 10.3 Å². The first-order valence-electron chi connectivity index (χ1n) is 6.61. The van der Waals surface area contributed by atoms with Crippen molar-refractivity contribution in [3.05, 3.63) is 42.2 Å². The zero-order chi connectivity index (χ0) is 14.5. The van der Waals surface area contributed by atoms with Crippen molar-refractivity contribution in [1.29, 1.82) is 0 Å². The summed E-state index contributed by atoms with van der Waals surface area (Å²) < 4.78 is 1.92. The number of thioether (sulfide) groups is 1. The van der Waals surface area contributed by atoms with Crippen molar-refractivity contribution in [2.24, 2.45) is 7.05 Å². The molecule has 106 valence electrons. The average Bonchev–Trinajstić information content (AvgIpc) is 2.81. The lowest BCUT2D eigenvalue weighted by molar-refractivity contribution is -0.115. The van der Waals surface area contributed by atoms with E-state index in [9.17, 15) is 4.79 Å². The first kappa shape index (κ1) is 14.7. The van der Waals surface area contributed by atoms with Crippen molar-refractivity contribution in [3.8, 4) is 0 Å². The minimum Gasteiger partial charge on any atom is -0.329 e. The standard InChI is InChI=1S/C15H19N3OS/c1-4-13(20-15-16-8-9-18(15)3)14(19)17-12-7-5-6-11(2)10-12/h5-10,13H,4H2,1-3H3,(H,17,19). The van der Waals surface area contributed by atoms with Gasteiger partial charge in [-0.25, -0.2) is 4.98 Å². The maximum atomic E-state index is 12.3. The van der Waals surface area contributed by atoms with Gasteiger partial charge in [-0.3, -0.25) is 4.79 Å². The van der Waals surface area contributed by atoms with Crippen LogP contribution in [-0.2, 0) is 11.8 Å². The Morgan fingerprint density at radius 3 is 2.90 bits per heavy atom. The molecule has 4 nitrogen and oxygen atoms in total. The number of hydrogen-bond acceptors (Lipinski definition) is 3. The number of aromatic nitrogens is 2. The maximum absolute atomic E-state index is 12.3. The molecule has 1 heterocycles. The highest BCUT2D eigenvalue weighted by Gasteiger charge is 2.19. The van der Waals surface area contributed by atoms with Crippen LogP contribution in [0.2, 0.25) is 0 Å². The molecule has 0 saturated heterocycles. The fourth-order valence-corrected chi connectivity index (χ4v) is 2.80. The first-order chi connectivity index (χ1) is 9.60. The Morgan fingerprint density at radius 2 is 2.30 bits per heavy atom. The molecule has 1 N–H and O–H groups in total. The molecule has 0 spiro atoms. The number of anilines is 1. The number of aryl methyl sites for hydroxylation is 2. The third-order valence-corrected chi connectivity index (χ3v) is 4.41. The van der Waals surface area contributed by atoms with Crippen LogP contribution < -0.4 is 5.32 Å². The van der Waals surface area contributed by atoms with E-state index in [4.69, 9.17) is 0 Å². The lowest BCUT2D eigenvalue weighted by atomic mass is 10.2. The van der Waals surface area contributed by atoms with Crippen molar-refractivity contribution in [1.82, 2.24) is 9.55 Å². The quantitative estimate of drug-likeness (QED) is 0.860. The van der Waals surface area contributed by atoms with Gasteiger partial charge in [-0.1, -0.05) is 30.8 Å². The van der Waals surface area contributed by atoms with Crippen LogP contribution in [0, 0.1) is 6.92 Å². The monoisotopic (exact) mass is 289 g/mol. The van der Waals surface area contributed by atoms with Gasteiger partial charge in [0.05, 0.1) is 5.25 Å². The van der Waals surface area contributed by atoms with E-state index in [0.29, 0.717) is 0 Å². The number of carbonyl (C=O) groups is 1. The highest BCUT2D eigenvalue weighted by molar-refractivity contribution is 8.00. The van der Waals surface area contributed by atoms with E-state index in [0.717, 1.165) is 22.8 Å². The Bertz CT molecular complexity index is 594. The van der Waals surface area contributed by atoms with E-state index in [1.807, 2.05) is 55.9 Å². The molecule has 0 aliphatic carbocycles. The van der Waals surface area contributed by atoms with Crippen LogP contribution in [0.4, 0.5) is 5.69 Å². The van der Waals surface area contributed by atoms with Gasteiger partial charge in [0, 0.05) is 25.1 Å². The molecule has 1 aromatic heterocycles. The Labute approximate surface area is 123 Å². The second-order valence-corrected chi connectivity index (χ2v) is 5.86. The minimum atomic E-state index is -0.142. The molecule has 0 fully saturated rings. The SMILES string of the molecule is CCC(Sc1nccn1C)C(=O)Nc1cccc(C)c1. The number of imidazole rings is 1. The lowest BCUT2D eigenvalue weighted by Gasteiger charge is -2.14. The van der Waals surface area contributed by atoms with Crippen LogP contribution in [0.5, 0.6) is 0 Å². The van der Waals surface area contributed by atoms with Crippen LogP contribution in [0.1, 0.15) is 18.9 Å². The Morgan fingerprint density at radius 1 is 1.50 bits per heavy atom. The number of amides is 1. The van der Waals surface area contributed by atoms with Gasteiger partial charge in [0.2, 0.25) is 5.91 Å². The van der Waals surface area contributed by atoms with Gasteiger partial charge in [0.25, 0.3) is 0 Å². The fraction of sp³-hybridized carbons (Fsp3) is 0.333. The van der Waals surface area contributed by atoms with Crippen LogP contribution in [-0.4, -0.2) is 20.7 Å². The second-order valence-electron chi connectivity index (χ2n) is 4.69. The van der Waals surface area contributed by atoms with Gasteiger partial charge in [0.15, 0.2) is 5.16 Å². The first-order valence-corrected chi connectivity index (χ1v) is 7.49. The summed E-state index contributed by atoms with van der Waals surface area (Å²) in [6.45, 7) is 4.02. The van der Waals surface area contributed by atoms with Crippen molar-refractivity contribution >= 4 is 23.4 Å². The number of rotatable bonds is 5. The number of nitrogens with one attached hydrogen (secondary N) is 1. The summed E-state index contributed by atoms with van der Waals surface area (Å²) >= 11 is 1.49. The van der Waals surface area contributed by atoms with Crippen molar-refractivity contribution in [2.75, 3.05) is 5.32 Å². The zero-order valence-corrected chi connectivity index (χ0v) is 12.8. The van der Waals surface area contributed by atoms with Gasteiger partial charge in [0.1, 0.15) is 0 Å². The molecule has 5 heteroatoms. The van der Waals surface area contributed by atoms with Crippen LogP contribution >= 0.6 is 11.8 Å². The van der Waals surface area contributed by atoms with Crippen LogP contribution in [0.15, 0.2) is 41.8 Å². The molecule has 1 atom stereocenters. The Kier molecular flexibility index (Phi) is 4.84. The summed E-state index contributed by atoms with van der Waals surface area (Å²) in [7, 11) is 1.93. The van der Waals surface area contributed by atoms with E-state index >= 15 is 0 Å². The largest absolute Gasteiger partial charge is 0.329 e. The van der Waals surface area contributed by atoms with Gasteiger partial charge >= 0.3 is 0 Å². The van der Waals surface area contributed by atoms with E-state index in [1.165, 1.54) is 11.8 Å².